The first kappa shape index (κ1) is 16.1. The van der Waals surface area contributed by atoms with E-state index in [4.69, 9.17) is 23.2 Å². The van der Waals surface area contributed by atoms with Gasteiger partial charge in [-0.25, -0.2) is 0 Å². The predicted octanol–water partition coefficient (Wildman–Crippen LogP) is 4.20. The van der Waals surface area contributed by atoms with E-state index >= 15 is 0 Å². The summed E-state index contributed by atoms with van der Waals surface area (Å²) in [7, 11) is 0. The molecule has 20 heavy (non-hydrogen) atoms. The lowest BCUT2D eigenvalue weighted by Gasteiger charge is -2.32. The van der Waals surface area contributed by atoms with E-state index in [1.54, 1.807) is 0 Å². The molecule has 2 rings (SSSR count). The largest absolute Gasteiger partial charge is 0.314 e. The van der Waals surface area contributed by atoms with Crippen LogP contribution in [0.5, 0.6) is 0 Å². The van der Waals surface area contributed by atoms with Crippen molar-refractivity contribution in [3.8, 4) is 0 Å². The molecule has 1 fully saturated rings. The molecule has 1 aromatic carbocycles. The minimum absolute atomic E-state index is 0.584. The fourth-order valence-corrected chi connectivity index (χ4v) is 3.11. The molecule has 0 bridgehead atoms. The summed E-state index contributed by atoms with van der Waals surface area (Å²) in [6.07, 6.45) is 2.54. The normalized spacial score (nSPS) is 17.9. The topological polar surface area (TPSA) is 15.3 Å². The average molecular weight is 315 g/mol. The Morgan fingerprint density at radius 1 is 1.25 bits per heavy atom. The van der Waals surface area contributed by atoms with Gasteiger partial charge in [0, 0.05) is 22.6 Å². The van der Waals surface area contributed by atoms with Gasteiger partial charge in [-0.2, -0.15) is 0 Å². The standard InChI is InChI=1S/C16H24Cl2N2/c1-12(2)19-10-13-5-7-20(8-6-13)11-14-3-4-15(17)9-16(14)18/h3-4,9,12-13,19H,5-8,10-11H2,1-2H3. The highest BCUT2D eigenvalue weighted by Crippen LogP contribution is 2.24. The van der Waals surface area contributed by atoms with Crippen LogP contribution in [0.2, 0.25) is 10.0 Å². The Balaban J connectivity index is 1.79. The predicted molar refractivity (Wildman–Crippen MR) is 87.6 cm³/mol. The van der Waals surface area contributed by atoms with Crippen LogP contribution in [-0.2, 0) is 6.54 Å². The summed E-state index contributed by atoms with van der Waals surface area (Å²) >= 11 is 12.2. The Bertz CT molecular complexity index is 426. The molecule has 4 heteroatoms. The van der Waals surface area contributed by atoms with Gasteiger partial charge in [0.15, 0.2) is 0 Å². The van der Waals surface area contributed by atoms with E-state index in [0.29, 0.717) is 11.1 Å². The summed E-state index contributed by atoms with van der Waals surface area (Å²) < 4.78 is 0. The van der Waals surface area contributed by atoms with Gasteiger partial charge >= 0.3 is 0 Å². The quantitative estimate of drug-likeness (QED) is 0.876. The molecule has 1 N–H and O–H groups in total. The van der Waals surface area contributed by atoms with E-state index in [1.165, 1.54) is 18.4 Å². The van der Waals surface area contributed by atoms with E-state index in [2.05, 4.69) is 24.1 Å². The Hall–Kier alpha value is -0.280. The molecular formula is C16H24Cl2N2. The molecule has 1 heterocycles. The van der Waals surface area contributed by atoms with E-state index in [0.717, 1.165) is 37.1 Å². The van der Waals surface area contributed by atoms with Gasteiger partial charge in [0.05, 0.1) is 0 Å². The minimum Gasteiger partial charge on any atom is -0.314 e. The molecule has 0 atom stereocenters. The summed E-state index contributed by atoms with van der Waals surface area (Å²) in [5.74, 6) is 0.814. The number of nitrogens with one attached hydrogen (secondary N) is 1. The zero-order chi connectivity index (χ0) is 14.5. The fraction of sp³-hybridized carbons (Fsp3) is 0.625. The Morgan fingerprint density at radius 3 is 2.55 bits per heavy atom. The van der Waals surface area contributed by atoms with E-state index in [9.17, 15) is 0 Å². The minimum atomic E-state index is 0.584. The van der Waals surface area contributed by atoms with Gasteiger partial charge in [0.2, 0.25) is 0 Å². The van der Waals surface area contributed by atoms with Gasteiger partial charge in [-0.3, -0.25) is 4.90 Å². The average Bonchev–Trinajstić information content (AvgIpc) is 2.41. The van der Waals surface area contributed by atoms with Crippen molar-refractivity contribution < 1.29 is 0 Å². The Labute approximate surface area is 132 Å². The van der Waals surface area contributed by atoms with Crippen molar-refractivity contribution in [2.24, 2.45) is 5.92 Å². The van der Waals surface area contributed by atoms with Crippen molar-refractivity contribution in [1.29, 1.82) is 0 Å². The number of halogens is 2. The number of piperidine rings is 1. The fourth-order valence-electron chi connectivity index (χ4n) is 2.64. The van der Waals surface area contributed by atoms with Crippen molar-refractivity contribution in [3.05, 3.63) is 33.8 Å². The SMILES string of the molecule is CC(C)NCC1CCN(Cc2ccc(Cl)cc2Cl)CC1. The van der Waals surface area contributed by atoms with Gasteiger partial charge < -0.3 is 5.32 Å². The number of rotatable bonds is 5. The number of hydrogen-bond acceptors (Lipinski definition) is 2. The first-order chi connectivity index (χ1) is 9.54. The lowest BCUT2D eigenvalue weighted by molar-refractivity contribution is 0.174. The smallest absolute Gasteiger partial charge is 0.0465 e. The second-order valence-electron chi connectivity index (χ2n) is 6.02. The first-order valence-corrected chi connectivity index (χ1v) is 8.20. The van der Waals surface area contributed by atoms with Crippen molar-refractivity contribution in [1.82, 2.24) is 10.2 Å². The summed E-state index contributed by atoms with van der Waals surface area (Å²) in [5.41, 5.74) is 1.18. The van der Waals surface area contributed by atoms with Crippen LogP contribution >= 0.6 is 23.2 Å². The summed E-state index contributed by atoms with van der Waals surface area (Å²) in [4.78, 5) is 2.49. The molecule has 112 valence electrons. The maximum absolute atomic E-state index is 6.24. The third kappa shape index (κ3) is 4.92. The number of likely N-dealkylation sites (tertiary alicyclic amines) is 1. The molecule has 0 amide bonds. The number of hydrogen-bond donors (Lipinski definition) is 1. The molecule has 2 nitrogen and oxygen atoms in total. The van der Waals surface area contributed by atoms with Crippen LogP contribution in [0, 0.1) is 5.92 Å². The second-order valence-corrected chi connectivity index (χ2v) is 6.86. The van der Waals surface area contributed by atoms with E-state index in [-0.39, 0.29) is 0 Å². The van der Waals surface area contributed by atoms with Gasteiger partial charge in [-0.05, 0) is 56.1 Å². The van der Waals surface area contributed by atoms with E-state index < -0.39 is 0 Å². The molecule has 0 saturated carbocycles. The zero-order valence-corrected chi connectivity index (χ0v) is 13.8. The molecule has 1 aliphatic rings. The lowest BCUT2D eigenvalue weighted by atomic mass is 9.96. The monoisotopic (exact) mass is 314 g/mol. The van der Waals surface area contributed by atoms with Crippen LogP contribution in [0.25, 0.3) is 0 Å². The maximum atomic E-state index is 6.24. The highest BCUT2D eigenvalue weighted by molar-refractivity contribution is 6.35. The van der Waals surface area contributed by atoms with Crippen LogP contribution in [0.4, 0.5) is 0 Å². The summed E-state index contributed by atoms with van der Waals surface area (Å²) in [6, 6.07) is 6.37. The zero-order valence-electron chi connectivity index (χ0n) is 12.3. The third-order valence-electron chi connectivity index (χ3n) is 3.93. The second kappa shape index (κ2) is 7.65. The molecule has 0 aliphatic carbocycles. The third-order valence-corrected chi connectivity index (χ3v) is 4.52. The van der Waals surface area contributed by atoms with Gasteiger partial charge in [-0.1, -0.05) is 43.1 Å². The molecule has 0 spiro atoms. The van der Waals surface area contributed by atoms with Gasteiger partial charge in [0.1, 0.15) is 0 Å². The van der Waals surface area contributed by atoms with Gasteiger partial charge in [-0.15, -0.1) is 0 Å². The summed E-state index contributed by atoms with van der Waals surface area (Å²) in [5, 5.41) is 5.03. The van der Waals surface area contributed by atoms with Crippen molar-refractivity contribution in [2.75, 3.05) is 19.6 Å². The molecule has 0 radical (unpaired) electrons. The Morgan fingerprint density at radius 2 is 1.95 bits per heavy atom. The molecular weight excluding hydrogens is 291 g/mol. The van der Waals surface area contributed by atoms with Gasteiger partial charge in [0.25, 0.3) is 0 Å². The molecule has 0 aromatic heterocycles. The van der Waals surface area contributed by atoms with Crippen LogP contribution in [0.1, 0.15) is 32.3 Å². The lowest BCUT2D eigenvalue weighted by Crippen LogP contribution is -2.38. The number of nitrogens with zero attached hydrogens (tertiary/aromatic N) is 1. The Kier molecular flexibility index (Phi) is 6.16. The first-order valence-electron chi connectivity index (χ1n) is 7.44. The van der Waals surface area contributed by atoms with Crippen LogP contribution in [-0.4, -0.2) is 30.6 Å². The summed E-state index contributed by atoms with van der Waals surface area (Å²) in [6.45, 7) is 8.80. The number of benzene rings is 1. The molecule has 1 aliphatic heterocycles. The van der Waals surface area contributed by atoms with Crippen molar-refractivity contribution in [2.45, 2.75) is 39.3 Å². The van der Waals surface area contributed by atoms with Crippen LogP contribution in [0.3, 0.4) is 0 Å². The van der Waals surface area contributed by atoms with Crippen molar-refractivity contribution >= 4 is 23.2 Å². The molecule has 0 unspecified atom stereocenters. The molecule has 1 aromatic rings. The molecule has 1 saturated heterocycles. The van der Waals surface area contributed by atoms with E-state index in [1.807, 2.05) is 18.2 Å². The highest BCUT2D eigenvalue weighted by Gasteiger charge is 2.19. The van der Waals surface area contributed by atoms with Crippen LogP contribution in [0.15, 0.2) is 18.2 Å². The maximum Gasteiger partial charge on any atom is 0.0465 e. The highest BCUT2D eigenvalue weighted by atomic mass is 35.5. The van der Waals surface area contributed by atoms with Crippen molar-refractivity contribution in [3.63, 3.8) is 0 Å². The van der Waals surface area contributed by atoms with Crippen LogP contribution < -0.4 is 5.32 Å².